The van der Waals surface area contributed by atoms with Gasteiger partial charge in [0.2, 0.25) is 5.91 Å². The molecular formula is C16H21F3N2O2. The largest absolute Gasteiger partial charge is 0.494 e. The Kier molecular flexibility index (Phi) is 4.89. The van der Waals surface area contributed by atoms with Gasteiger partial charge in [-0.25, -0.2) is 5.01 Å². The van der Waals surface area contributed by atoms with Crippen molar-refractivity contribution in [3.63, 3.8) is 0 Å². The Bertz CT molecular complexity index is 573. The van der Waals surface area contributed by atoms with Crippen molar-refractivity contribution in [2.45, 2.75) is 39.4 Å². The molecular weight excluding hydrogens is 309 g/mol. The summed E-state index contributed by atoms with van der Waals surface area (Å²) in [6.45, 7) is 5.58. The SMILES string of the molecule is CCCOc1cccc([C@H](N2CC(C)(C)C(=O)N2)C(F)(F)F)c1. The Labute approximate surface area is 133 Å². The summed E-state index contributed by atoms with van der Waals surface area (Å²) >= 11 is 0. The lowest BCUT2D eigenvalue weighted by Gasteiger charge is -2.30. The highest BCUT2D eigenvalue weighted by molar-refractivity contribution is 5.83. The van der Waals surface area contributed by atoms with E-state index in [4.69, 9.17) is 4.74 Å². The number of hydrogen-bond donors (Lipinski definition) is 1. The molecule has 0 bridgehead atoms. The van der Waals surface area contributed by atoms with Gasteiger partial charge in [-0.05, 0) is 38.0 Å². The third-order valence-corrected chi connectivity index (χ3v) is 3.69. The molecule has 1 atom stereocenters. The van der Waals surface area contributed by atoms with Crippen molar-refractivity contribution in [1.82, 2.24) is 10.4 Å². The highest BCUT2D eigenvalue weighted by Crippen LogP contribution is 2.41. The number of rotatable bonds is 5. The number of halogens is 3. The molecule has 0 radical (unpaired) electrons. The molecule has 2 rings (SSSR count). The van der Waals surface area contributed by atoms with Crippen molar-refractivity contribution < 1.29 is 22.7 Å². The lowest BCUT2D eigenvalue weighted by Crippen LogP contribution is -2.43. The number of benzene rings is 1. The Hall–Kier alpha value is -1.76. The topological polar surface area (TPSA) is 41.6 Å². The summed E-state index contributed by atoms with van der Waals surface area (Å²) in [7, 11) is 0. The minimum absolute atomic E-state index is 0.0178. The van der Waals surface area contributed by atoms with Crippen molar-refractivity contribution in [1.29, 1.82) is 0 Å². The van der Waals surface area contributed by atoms with E-state index in [0.29, 0.717) is 12.4 Å². The van der Waals surface area contributed by atoms with Crippen LogP contribution >= 0.6 is 0 Å². The summed E-state index contributed by atoms with van der Waals surface area (Å²) in [5.74, 6) is -0.0199. The van der Waals surface area contributed by atoms with Gasteiger partial charge in [-0.1, -0.05) is 19.1 Å². The lowest BCUT2D eigenvalue weighted by atomic mass is 9.93. The number of nitrogens with one attached hydrogen (secondary N) is 1. The average molecular weight is 330 g/mol. The van der Waals surface area contributed by atoms with E-state index in [1.807, 2.05) is 6.92 Å². The smallest absolute Gasteiger partial charge is 0.409 e. The zero-order chi connectivity index (χ0) is 17.3. The fourth-order valence-electron chi connectivity index (χ4n) is 2.51. The highest BCUT2D eigenvalue weighted by Gasteiger charge is 2.51. The molecule has 128 valence electrons. The van der Waals surface area contributed by atoms with Crippen LogP contribution in [0.4, 0.5) is 13.2 Å². The molecule has 1 aliphatic heterocycles. The molecule has 4 nitrogen and oxygen atoms in total. The maximum atomic E-state index is 13.6. The zero-order valence-corrected chi connectivity index (χ0v) is 13.4. The number of carbonyl (C=O) groups excluding carboxylic acids is 1. The van der Waals surface area contributed by atoms with Gasteiger partial charge in [0.05, 0.1) is 12.0 Å². The molecule has 7 heteroatoms. The van der Waals surface area contributed by atoms with Crippen LogP contribution in [-0.2, 0) is 4.79 Å². The molecule has 1 heterocycles. The summed E-state index contributed by atoms with van der Waals surface area (Å²) in [5.41, 5.74) is 1.53. The van der Waals surface area contributed by atoms with E-state index in [9.17, 15) is 18.0 Å². The normalized spacial score (nSPS) is 19.5. The highest BCUT2D eigenvalue weighted by atomic mass is 19.4. The monoisotopic (exact) mass is 330 g/mol. The van der Waals surface area contributed by atoms with Gasteiger partial charge >= 0.3 is 6.18 Å². The lowest BCUT2D eigenvalue weighted by molar-refractivity contribution is -0.191. The summed E-state index contributed by atoms with van der Waals surface area (Å²) in [4.78, 5) is 11.8. The standard InChI is InChI=1S/C16H21F3N2O2/c1-4-8-23-12-7-5-6-11(9-12)13(16(17,18)19)21-10-15(2,3)14(22)20-21/h5-7,9,13H,4,8,10H2,1-3H3,(H,20,22)/t13-/m0/s1. The predicted molar refractivity (Wildman–Crippen MR) is 79.7 cm³/mol. The summed E-state index contributed by atoms with van der Waals surface area (Å²) < 4.78 is 46.2. The Balaban J connectivity index is 2.32. The molecule has 1 N–H and O–H groups in total. The molecule has 0 saturated carbocycles. The second kappa shape index (κ2) is 6.39. The first-order valence-electron chi connectivity index (χ1n) is 7.52. The van der Waals surface area contributed by atoms with Gasteiger partial charge in [-0.2, -0.15) is 13.2 Å². The first kappa shape index (κ1) is 17.6. The first-order chi connectivity index (χ1) is 10.6. The minimum atomic E-state index is -4.52. The van der Waals surface area contributed by atoms with E-state index < -0.39 is 23.5 Å². The number of alkyl halides is 3. The van der Waals surface area contributed by atoms with Crippen LogP contribution in [0.1, 0.15) is 38.8 Å². The number of hydrogen-bond acceptors (Lipinski definition) is 3. The van der Waals surface area contributed by atoms with Crippen molar-refractivity contribution >= 4 is 5.91 Å². The molecule has 1 aromatic rings. The average Bonchev–Trinajstić information content (AvgIpc) is 2.69. The maximum Gasteiger partial charge on any atom is 0.409 e. The third kappa shape index (κ3) is 3.96. The van der Waals surface area contributed by atoms with Crippen LogP contribution in [0.2, 0.25) is 0 Å². The van der Waals surface area contributed by atoms with E-state index >= 15 is 0 Å². The zero-order valence-electron chi connectivity index (χ0n) is 13.4. The number of amides is 1. The van der Waals surface area contributed by atoms with E-state index in [2.05, 4.69) is 5.43 Å². The first-order valence-corrected chi connectivity index (χ1v) is 7.52. The van der Waals surface area contributed by atoms with Crippen LogP contribution < -0.4 is 10.2 Å². The quantitative estimate of drug-likeness (QED) is 0.899. The maximum absolute atomic E-state index is 13.6. The van der Waals surface area contributed by atoms with Crippen LogP contribution in [0.5, 0.6) is 5.75 Å². The van der Waals surface area contributed by atoms with Gasteiger partial charge in [-0.3, -0.25) is 10.2 Å². The molecule has 1 fully saturated rings. The predicted octanol–water partition coefficient (Wildman–Crippen LogP) is 3.45. The number of nitrogens with zero attached hydrogens (tertiary/aromatic N) is 1. The van der Waals surface area contributed by atoms with Crippen LogP contribution in [-0.4, -0.2) is 30.2 Å². The van der Waals surface area contributed by atoms with Crippen molar-refractivity contribution in [3.8, 4) is 5.75 Å². The van der Waals surface area contributed by atoms with Crippen LogP contribution in [0.15, 0.2) is 24.3 Å². The molecule has 23 heavy (non-hydrogen) atoms. The minimum Gasteiger partial charge on any atom is -0.494 e. The van der Waals surface area contributed by atoms with Gasteiger partial charge in [0.15, 0.2) is 0 Å². The number of carbonyl (C=O) groups is 1. The Morgan fingerprint density at radius 2 is 2.09 bits per heavy atom. The van der Waals surface area contributed by atoms with Crippen molar-refractivity contribution in [2.75, 3.05) is 13.2 Å². The van der Waals surface area contributed by atoms with Gasteiger partial charge in [-0.15, -0.1) is 0 Å². The Morgan fingerprint density at radius 1 is 1.39 bits per heavy atom. The molecule has 0 unspecified atom stereocenters. The van der Waals surface area contributed by atoms with Crippen LogP contribution in [0, 0.1) is 5.41 Å². The number of hydrazine groups is 1. The molecule has 1 aliphatic rings. The second-order valence-corrected chi connectivity index (χ2v) is 6.32. The third-order valence-electron chi connectivity index (χ3n) is 3.69. The van der Waals surface area contributed by atoms with Crippen molar-refractivity contribution in [3.05, 3.63) is 29.8 Å². The Morgan fingerprint density at radius 3 is 2.61 bits per heavy atom. The fourth-order valence-corrected chi connectivity index (χ4v) is 2.51. The van der Waals surface area contributed by atoms with E-state index in [0.717, 1.165) is 11.4 Å². The van der Waals surface area contributed by atoms with Crippen molar-refractivity contribution in [2.24, 2.45) is 5.41 Å². The molecule has 1 aromatic carbocycles. The van der Waals surface area contributed by atoms with E-state index in [1.54, 1.807) is 19.9 Å². The summed E-state index contributed by atoms with van der Waals surface area (Å²) in [6, 6.07) is 4.03. The summed E-state index contributed by atoms with van der Waals surface area (Å²) in [5, 5.41) is 0.960. The number of ether oxygens (including phenoxy) is 1. The molecule has 0 spiro atoms. The van der Waals surface area contributed by atoms with E-state index in [1.165, 1.54) is 18.2 Å². The molecule has 1 saturated heterocycles. The molecule has 0 aliphatic carbocycles. The van der Waals surface area contributed by atoms with Crippen LogP contribution in [0.25, 0.3) is 0 Å². The second-order valence-electron chi connectivity index (χ2n) is 6.32. The molecule has 0 aromatic heterocycles. The van der Waals surface area contributed by atoms with Gasteiger partial charge in [0.1, 0.15) is 11.8 Å². The summed E-state index contributed by atoms with van der Waals surface area (Å²) in [6.07, 6.45) is -3.75. The van der Waals surface area contributed by atoms with Gasteiger partial charge < -0.3 is 4.74 Å². The van der Waals surface area contributed by atoms with Gasteiger partial charge in [0.25, 0.3) is 0 Å². The fraction of sp³-hybridized carbons (Fsp3) is 0.562. The van der Waals surface area contributed by atoms with E-state index in [-0.39, 0.29) is 12.1 Å². The molecule has 1 amide bonds. The van der Waals surface area contributed by atoms with Crippen LogP contribution in [0.3, 0.4) is 0 Å². The van der Waals surface area contributed by atoms with Gasteiger partial charge in [0, 0.05) is 6.54 Å².